The zero-order valence-corrected chi connectivity index (χ0v) is 14.1. The van der Waals surface area contributed by atoms with Crippen molar-refractivity contribution in [3.63, 3.8) is 0 Å². The second-order valence-corrected chi connectivity index (χ2v) is 5.89. The summed E-state index contributed by atoms with van der Waals surface area (Å²) in [5, 5.41) is 3.73. The minimum Gasteiger partial charge on any atom is -0.484 e. The number of nitrogens with one attached hydrogen (secondary N) is 1. The van der Waals surface area contributed by atoms with Crippen LogP contribution in [0.25, 0.3) is 11.0 Å². The fourth-order valence-electron chi connectivity index (χ4n) is 2.65. The highest BCUT2D eigenvalue weighted by Gasteiger charge is 2.10. The van der Waals surface area contributed by atoms with Gasteiger partial charge in [0, 0.05) is 17.5 Å². The number of hydrogen-bond acceptors (Lipinski definition) is 4. The van der Waals surface area contributed by atoms with E-state index in [1.165, 1.54) is 6.07 Å². The molecule has 1 heterocycles. The fourth-order valence-corrected chi connectivity index (χ4v) is 2.65. The number of benzene rings is 2. The first-order chi connectivity index (χ1) is 12.0. The average molecular weight is 337 g/mol. The van der Waals surface area contributed by atoms with Crippen molar-refractivity contribution in [3.8, 4) is 5.75 Å². The number of fused-ring (bicyclic) bond motifs is 1. The molecule has 0 bridgehead atoms. The van der Waals surface area contributed by atoms with Crippen molar-refractivity contribution in [3.05, 3.63) is 76.1 Å². The molecular weight excluding hydrogens is 318 g/mol. The standard InChI is InChI=1S/C20H19NO4/c1-13-10-20(23)25-18-11-16(8-9-17(13)18)24-12-19(22)21-14(2)15-6-4-3-5-7-15/h3-11,14H,12H2,1-2H3,(H,21,22)/t14-/m1/s1. The molecule has 5 nitrogen and oxygen atoms in total. The topological polar surface area (TPSA) is 68.5 Å². The van der Waals surface area contributed by atoms with Gasteiger partial charge in [-0.25, -0.2) is 4.79 Å². The normalized spacial score (nSPS) is 11.9. The minimum atomic E-state index is -0.406. The molecule has 0 aliphatic carbocycles. The van der Waals surface area contributed by atoms with Gasteiger partial charge < -0.3 is 14.5 Å². The molecule has 0 spiro atoms. The SMILES string of the molecule is Cc1cc(=O)oc2cc(OCC(=O)N[C@H](C)c3ccccc3)ccc12. The number of amides is 1. The Morgan fingerprint density at radius 3 is 2.68 bits per heavy atom. The molecule has 1 N–H and O–H groups in total. The molecule has 0 fully saturated rings. The summed E-state index contributed by atoms with van der Waals surface area (Å²) in [6.07, 6.45) is 0. The zero-order chi connectivity index (χ0) is 17.8. The highest BCUT2D eigenvalue weighted by molar-refractivity contribution is 5.81. The summed E-state index contributed by atoms with van der Waals surface area (Å²) in [4.78, 5) is 23.5. The Morgan fingerprint density at radius 1 is 1.16 bits per heavy atom. The van der Waals surface area contributed by atoms with Gasteiger partial charge in [-0.2, -0.15) is 0 Å². The van der Waals surface area contributed by atoms with E-state index in [0.29, 0.717) is 11.3 Å². The van der Waals surface area contributed by atoms with Crippen LogP contribution in [0.2, 0.25) is 0 Å². The van der Waals surface area contributed by atoms with Crippen LogP contribution in [0.15, 0.2) is 63.8 Å². The Balaban J connectivity index is 1.64. The van der Waals surface area contributed by atoms with Crippen LogP contribution in [0.3, 0.4) is 0 Å². The van der Waals surface area contributed by atoms with Crippen LogP contribution >= 0.6 is 0 Å². The van der Waals surface area contributed by atoms with Crippen LogP contribution in [0, 0.1) is 6.92 Å². The summed E-state index contributed by atoms with van der Waals surface area (Å²) in [6.45, 7) is 3.65. The number of hydrogen-bond donors (Lipinski definition) is 1. The van der Waals surface area contributed by atoms with Gasteiger partial charge in [0.1, 0.15) is 11.3 Å². The van der Waals surface area contributed by atoms with E-state index in [9.17, 15) is 9.59 Å². The second-order valence-electron chi connectivity index (χ2n) is 5.89. The molecule has 1 amide bonds. The van der Waals surface area contributed by atoms with Crippen LogP contribution in [-0.4, -0.2) is 12.5 Å². The lowest BCUT2D eigenvalue weighted by Gasteiger charge is -2.14. The molecular formula is C20H19NO4. The van der Waals surface area contributed by atoms with E-state index >= 15 is 0 Å². The minimum absolute atomic E-state index is 0.102. The van der Waals surface area contributed by atoms with E-state index in [1.807, 2.05) is 50.2 Å². The first-order valence-corrected chi connectivity index (χ1v) is 8.04. The maximum Gasteiger partial charge on any atom is 0.336 e. The van der Waals surface area contributed by atoms with Gasteiger partial charge in [-0.15, -0.1) is 0 Å². The number of carbonyl (C=O) groups is 1. The summed E-state index contributed by atoms with van der Waals surface area (Å²) < 4.78 is 10.7. The fraction of sp³-hybridized carbons (Fsp3) is 0.200. The monoisotopic (exact) mass is 337 g/mol. The van der Waals surface area contributed by atoms with Gasteiger partial charge in [0.05, 0.1) is 6.04 Å². The number of rotatable bonds is 5. The van der Waals surface area contributed by atoms with Crippen LogP contribution in [-0.2, 0) is 4.79 Å². The molecule has 2 aromatic carbocycles. The number of ether oxygens (including phenoxy) is 1. The second kappa shape index (κ2) is 7.21. The molecule has 0 saturated heterocycles. The maximum absolute atomic E-state index is 12.1. The predicted octanol–water partition coefficient (Wildman–Crippen LogP) is 3.36. The Labute approximate surface area is 145 Å². The van der Waals surface area contributed by atoms with Crippen molar-refractivity contribution in [2.45, 2.75) is 19.9 Å². The van der Waals surface area contributed by atoms with E-state index in [0.717, 1.165) is 16.5 Å². The van der Waals surface area contributed by atoms with Crippen molar-refractivity contribution < 1.29 is 13.9 Å². The maximum atomic E-state index is 12.1. The largest absolute Gasteiger partial charge is 0.484 e. The third-order valence-electron chi connectivity index (χ3n) is 3.97. The molecule has 25 heavy (non-hydrogen) atoms. The van der Waals surface area contributed by atoms with E-state index in [4.69, 9.17) is 9.15 Å². The summed E-state index contributed by atoms with van der Waals surface area (Å²) in [6, 6.07) is 16.2. The third kappa shape index (κ3) is 4.07. The van der Waals surface area contributed by atoms with Gasteiger partial charge in [0.25, 0.3) is 5.91 Å². The van der Waals surface area contributed by atoms with Gasteiger partial charge >= 0.3 is 5.63 Å². The Bertz CT molecular complexity index is 947. The van der Waals surface area contributed by atoms with Crippen LogP contribution in [0.4, 0.5) is 0 Å². The summed E-state index contributed by atoms with van der Waals surface area (Å²) in [5.41, 5.74) is 1.91. The quantitative estimate of drug-likeness (QED) is 0.725. The molecule has 0 unspecified atom stereocenters. The smallest absolute Gasteiger partial charge is 0.336 e. The molecule has 0 saturated carbocycles. The van der Waals surface area contributed by atoms with Gasteiger partial charge in [-0.3, -0.25) is 4.79 Å². The van der Waals surface area contributed by atoms with Crippen LogP contribution < -0.4 is 15.7 Å². The molecule has 5 heteroatoms. The predicted molar refractivity (Wildman–Crippen MR) is 95.7 cm³/mol. The molecule has 3 rings (SSSR count). The van der Waals surface area contributed by atoms with Gasteiger partial charge in [-0.05, 0) is 37.1 Å². The first kappa shape index (κ1) is 16.8. The van der Waals surface area contributed by atoms with Crippen molar-refractivity contribution in [2.24, 2.45) is 0 Å². The first-order valence-electron chi connectivity index (χ1n) is 8.04. The van der Waals surface area contributed by atoms with E-state index in [-0.39, 0.29) is 18.6 Å². The molecule has 0 aliphatic rings. The van der Waals surface area contributed by atoms with Crippen molar-refractivity contribution in [2.75, 3.05) is 6.61 Å². The van der Waals surface area contributed by atoms with E-state index < -0.39 is 5.63 Å². The average Bonchev–Trinajstić information content (AvgIpc) is 2.60. The van der Waals surface area contributed by atoms with E-state index in [1.54, 1.807) is 12.1 Å². The zero-order valence-electron chi connectivity index (χ0n) is 14.1. The lowest BCUT2D eigenvalue weighted by molar-refractivity contribution is -0.123. The molecule has 0 radical (unpaired) electrons. The van der Waals surface area contributed by atoms with Gasteiger partial charge in [-0.1, -0.05) is 30.3 Å². The Hall–Kier alpha value is -3.08. The lowest BCUT2D eigenvalue weighted by Crippen LogP contribution is -2.31. The van der Waals surface area contributed by atoms with E-state index in [2.05, 4.69) is 5.32 Å². The third-order valence-corrected chi connectivity index (χ3v) is 3.97. The summed E-state index contributed by atoms with van der Waals surface area (Å²) in [5.74, 6) is 0.255. The highest BCUT2D eigenvalue weighted by atomic mass is 16.5. The Morgan fingerprint density at radius 2 is 1.92 bits per heavy atom. The lowest BCUT2D eigenvalue weighted by atomic mass is 10.1. The molecule has 0 aliphatic heterocycles. The van der Waals surface area contributed by atoms with Crippen LogP contribution in [0.5, 0.6) is 5.75 Å². The highest BCUT2D eigenvalue weighted by Crippen LogP contribution is 2.22. The molecule has 1 atom stereocenters. The number of carbonyl (C=O) groups excluding carboxylic acids is 1. The number of aryl methyl sites for hydroxylation is 1. The summed E-state index contributed by atoms with van der Waals surface area (Å²) in [7, 11) is 0. The van der Waals surface area contributed by atoms with Gasteiger partial charge in [0.15, 0.2) is 6.61 Å². The Kier molecular flexibility index (Phi) is 4.84. The molecule has 1 aromatic heterocycles. The van der Waals surface area contributed by atoms with Crippen LogP contribution in [0.1, 0.15) is 24.1 Å². The molecule has 3 aromatic rings. The van der Waals surface area contributed by atoms with Crippen molar-refractivity contribution >= 4 is 16.9 Å². The van der Waals surface area contributed by atoms with Crippen molar-refractivity contribution in [1.29, 1.82) is 0 Å². The van der Waals surface area contributed by atoms with Gasteiger partial charge in [0.2, 0.25) is 0 Å². The molecule has 128 valence electrons. The van der Waals surface area contributed by atoms with Crippen molar-refractivity contribution in [1.82, 2.24) is 5.32 Å². The summed E-state index contributed by atoms with van der Waals surface area (Å²) >= 11 is 0.